The first-order valence-electron chi connectivity index (χ1n) is 8.08. The number of aliphatic hydroxyl groups is 1. The summed E-state index contributed by atoms with van der Waals surface area (Å²) < 4.78 is 6.30. The number of aromatic hydroxyl groups is 1. The molecule has 138 valence electrons. The number of amides is 2. The molecule has 0 saturated carbocycles. The molecule has 2 aromatic carbocycles. The Morgan fingerprint density at radius 3 is 2.54 bits per heavy atom. The van der Waals surface area contributed by atoms with Gasteiger partial charge in [-0.15, -0.1) is 0 Å². The molecule has 2 amide bonds. The van der Waals surface area contributed by atoms with Crippen molar-refractivity contribution in [3.63, 3.8) is 0 Å². The van der Waals surface area contributed by atoms with Crippen LogP contribution in [0, 0.1) is 9.49 Å². The second-order valence-electron chi connectivity index (χ2n) is 5.84. The average Bonchev–Trinajstić information content (AvgIpc) is 2.62. The maximum absolute atomic E-state index is 12.2. The number of hydrogen-bond donors (Lipinski definition) is 3. The van der Waals surface area contributed by atoms with Crippen LogP contribution in [0.4, 0.5) is 4.79 Å². The zero-order valence-electron chi connectivity index (χ0n) is 14.2. The van der Waals surface area contributed by atoms with E-state index in [2.05, 4.69) is 27.9 Å². The number of phenolic OH excluding ortho intramolecular Hbond substituents is 1. The SMILES string of the molecule is C[C@@H](CCO)[C@H](OC(=O)NC(=O)c1ccccc1)c1cc(I)ccc1O. The van der Waals surface area contributed by atoms with Gasteiger partial charge in [0.05, 0.1) is 0 Å². The van der Waals surface area contributed by atoms with Gasteiger partial charge in [0, 0.05) is 21.3 Å². The fourth-order valence-corrected chi connectivity index (χ4v) is 3.01. The van der Waals surface area contributed by atoms with Crippen LogP contribution in [-0.2, 0) is 4.74 Å². The van der Waals surface area contributed by atoms with E-state index in [-0.39, 0.29) is 18.3 Å². The van der Waals surface area contributed by atoms with Gasteiger partial charge in [-0.2, -0.15) is 0 Å². The van der Waals surface area contributed by atoms with Crippen LogP contribution in [0.3, 0.4) is 0 Å². The van der Waals surface area contributed by atoms with Crippen molar-refractivity contribution in [2.75, 3.05) is 6.61 Å². The molecule has 0 fully saturated rings. The standard InChI is InChI=1S/C19H20INO5/c1-12(9-10-22)17(15-11-14(20)7-8-16(15)23)26-19(25)21-18(24)13-5-3-2-4-6-13/h2-8,11-12,17,22-23H,9-10H2,1H3,(H,21,24,25)/t12-,17-/m0/s1. The molecule has 0 unspecified atom stereocenters. The van der Waals surface area contributed by atoms with Crippen LogP contribution in [0.2, 0.25) is 0 Å². The topological polar surface area (TPSA) is 95.9 Å². The molecule has 0 aliphatic heterocycles. The quantitative estimate of drug-likeness (QED) is 0.562. The number of ether oxygens (including phenoxy) is 1. The van der Waals surface area contributed by atoms with Crippen molar-refractivity contribution in [3.05, 3.63) is 63.2 Å². The minimum atomic E-state index is -0.910. The first kappa shape index (κ1) is 20.2. The normalized spacial score (nSPS) is 12.9. The van der Waals surface area contributed by atoms with Crippen LogP contribution < -0.4 is 5.32 Å². The molecule has 2 atom stereocenters. The Morgan fingerprint density at radius 1 is 1.19 bits per heavy atom. The molecule has 0 heterocycles. The van der Waals surface area contributed by atoms with Crippen molar-refractivity contribution >= 4 is 34.6 Å². The van der Waals surface area contributed by atoms with E-state index < -0.39 is 18.1 Å². The fourth-order valence-electron chi connectivity index (χ4n) is 2.49. The van der Waals surface area contributed by atoms with Gasteiger partial charge in [0.2, 0.25) is 0 Å². The lowest BCUT2D eigenvalue weighted by molar-refractivity contribution is 0.0533. The number of phenols is 1. The number of nitrogens with one attached hydrogen (secondary N) is 1. The molecule has 3 N–H and O–H groups in total. The van der Waals surface area contributed by atoms with Gasteiger partial charge in [0.15, 0.2) is 0 Å². The smallest absolute Gasteiger partial charge is 0.414 e. The number of rotatable bonds is 6. The number of benzene rings is 2. The molecule has 0 spiro atoms. The molecule has 26 heavy (non-hydrogen) atoms. The van der Waals surface area contributed by atoms with Crippen LogP contribution in [0.5, 0.6) is 5.75 Å². The molecule has 0 aliphatic carbocycles. The van der Waals surface area contributed by atoms with Gasteiger partial charge in [-0.1, -0.05) is 25.1 Å². The Hall–Kier alpha value is -2.13. The molecule has 0 saturated heterocycles. The molecule has 0 aliphatic rings. The number of aliphatic hydroxyl groups excluding tert-OH is 1. The Labute approximate surface area is 165 Å². The van der Waals surface area contributed by atoms with E-state index >= 15 is 0 Å². The number of hydrogen-bond acceptors (Lipinski definition) is 5. The van der Waals surface area contributed by atoms with Gasteiger partial charge < -0.3 is 14.9 Å². The Morgan fingerprint density at radius 2 is 1.88 bits per heavy atom. The molecule has 6 nitrogen and oxygen atoms in total. The van der Waals surface area contributed by atoms with E-state index in [1.54, 1.807) is 49.4 Å². The highest BCUT2D eigenvalue weighted by Crippen LogP contribution is 2.35. The summed E-state index contributed by atoms with van der Waals surface area (Å²) in [6.45, 7) is 1.71. The van der Waals surface area contributed by atoms with Crippen LogP contribution in [0.25, 0.3) is 0 Å². The monoisotopic (exact) mass is 469 g/mol. The van der Waals surface area contributed by atoms with Gasteiger partial charge in [-0.25, -0.2) is 4.79 Å². The van der Waals surface area contributed by atoms with Crippen LogP contribution in [-0.4, -0.2) is 28.8 Å². The van der Waals surface area contributed by atoms with Crippen molar-refractivity contribution in [2.45, 2.75) is 19.4 Å². The third-order valence-corrected chi connectivity index (χ3v) is 4.55. The minimum Gasteiger partial charge on any atom is -0.508 e. The van der Waals surface area contributed by atoms with Crippen molar-refractivity contribution in [2.24, 2.45) is 5.92 Å². The van der Waals surface area contributed by atoms with E-state index in [1.807, 2.05) is 0 Å². The highest BCUT2D eigenvalue weighted by Gasteiger charge is 2.27. The fraction of sp³-hybridized carbons (Fsp3) is 0.263. The van der Waals surface area contributed by atoms with E-state index in [9.17, 15) is 19.8 Å². The molecule has 0 aromatic heterocycles. The second-order valence-corrected chi connectivity index (χ2v) is 7.08. The lowest BCUT2D eigenvalue weighted by atomic mass is 9.94. The summed E-state index contributed by atoms with van der Waals surface area (Å²) in [6.07, 6.45) is -1.34. The lowest BCUT2D eigenvalue weighted by Crippen LogP contribution is -2.33. The van der Waals surface area contributed by atoms with E-state index in [0.717, 1.165) is 3.57 Å². The molecule has 2 rings (SSSR count). The summed E-state index contributed by atoms with van der Waals surface area (Å²) in [4.78, 5) is 24.3. The van der Waals surface area contributed by atoms with Crippen LogP contribution in [0.15, 0.2) is 48.5 Å². The van der Waals surface area contributed by atoms with Crippen molar-refractivity contribution in [1.29, 1.82) is 0 Å². The molecule has 0 bridgehead atoms. The molecule has 2 aromatic rings. The Bertz CT molecular complexity index is 766. The minimum absolute atomic E-state index is 0.0117. The average molecular weight is 469 g/mol. The number of carbonyl (C=O) groups is 2. The van der Waals surface area contributed by atoms with Gasteiger partial charge >= 0.3 is 6.09 Å². The molecular weight excluding hydrogens is 449 g/mol. The van der Waals surface area contributed by atoms with Crippen molar-refractivity contribution in [1.82, 2.24) is 5.32 Å². The number of carbonyl (C=O) groups excluding carboxylic acids is 2. The Balaban J connectivity index is 2.17. The van der Waals surface area contributed by atoms with Gasteiger partial charge in [-0.3, -0.25) is 10.1 Å². The molecule has 0 radical (unpaired) electrons. The third kappa shape index (κ3) is 5.43. The summed E-state index contributed by atoms with van der Waals surface area (Å²) in [6, 6.07) is 13.3. The van der Waals surface area contributed by atoms with Gasteiger partial charge in [-0.05, 0) is 65.3 Å². The predicted molar refractivity (Wildman–Crippen MR) is 105 cm³/mol. The third-order valence-electron chi connectivity index (χ3n) is 3.88. The summed E-state index contributed by atoms with van der Waals surface area (Å²) in [5.74, 6) is -0.847. The molecular formula is C19H20INO5. The number of imide groups is 1. The first-order chi connectivity index (χ1) is 12.4. The first-order valence-corrected chi connectivity index (χ1v) is 9.16. The maximum atomic E-state index is 12.2. The largest absolute Gasteiger partial charge is 0.508 e. The summed E-state index contributed by atoms with van der Waals surface area (Å²) in [5.41, 5.74) is 0.765. The van der Waals surface area contributed by atoms with Crippen molar-refractivity contribution < 1.29 is 24.5 Å². The second kappa shape index (κ2) is 9.54. The van der Waals surface area contributed by atoms with E-state index in [0.29, 0.717) is 17.5 Å². The summed E-state index contributed by atoms with van der Waals surface area (Å²) >= 11 is 2.09. The van der Waals surface area contributed by atoms with Crippen molar-refractivity contribution in [3.8, 4) is 5.75 Å². The highest BCUT2D eigenvalue weighted by molar-refractivity contribution is 14.1. The number of alkyl carbamates (subject to hydrolysis) is 1. The zero-order valence-corrected chi connectivity index (χ0v) is 16.3. The van der Waals surface area contributed by atoms with E-state index in [1.165, 1.54) is 6.07 Å². The highest BCUT2D eigenvalue weighted by atomic mass is 127. The van der Waals surface area contributed by atoms with Gasteiger partial charge in [0.25, 0.3) is 5.91 Å². The van der Waals surface area contributed by atoms with Gasteiger partial charge in [0.1, 0.15) is 11.9 Å². The summed E-state index contributed by atoms with van der Waals surface area (Å²) in [5, 5.41) is 21.5. The number of halogens is 1. The maximum Gasteiger partial charge on any atom is 0.414 e. The van der Waals surface area contributed by atoms with E-state index in [4.69, 9.17) is 4.74 Å². The zero-order chi connectivity index (χ0) is 19.1. The summed E-state index contributed by atoms with van der Waals surface area (Å²) in [7, 11) is 0. The molecule has 7 heteroatoms. The van der Waals surface area contributed by atoms with Crippen LogP contribution >= 0.6 is 22.6 Å². The lowest BCUT2D eigenvalue weighted by Gasteiger charge is -2.25. The van der Waals surface area contributed by atoms with Crippen LogP contribution in [0.1, 0.15) is 35.4 Å². The Kier molecular flexibility index (Phi) is 7.40. The predicted octanol–water partition coefficient (Wildman–Crippen LogP) is 3.62.